The van der Waals surface area contributed by atoms with Crippen LogP contribution < -0.4 is 9.64 Å². The van der Waals surface area contributed by atoms with Crippen LogP contribution in [0, 0.1) is 10.1 Å². The van der Waals surface area contributed by atoms with Gasteiger partial charge >= 0.3 is 0 Å². The number of nitro benzene ring substituents is 1. The molecule has 0 unspecified atom stereocenters. The molecule has 34 heavy (non-hydrogen) atoms. The van der Waals surface area contributed by atoms with E-state index < -0.39 is 14.9 Å². The number of para-hydroxylation sites is 1. The number of carbonyl (C=O) groups is 1. The SMILES string of the molecule is CCN(CC)S(=O)(=O)c1ccc(N2CCN(C(=O)Cc3ccccc3OC)CC2)c([N+](=O)[O-])c1. The summed E-state index contributed by atoms with van der Waals surface area (Å²) in [6, 6.07) is 11.4. The Labute approximate surface area is 199 Å². The number of anilines is 1. The molecular formula is C23H30N4O6S. The van der Waals surface area contributed by atoms with Crippen LogP contribution in [-0.2, 0) is 21.2 Å². The summed E-state index contributed by atoms with van der Waals surface area (Å²) in [6.45, 7) is 5.62. The molecule has 0 radical (unpaired) electrons. The fourth-order valence-corrected chi connectivity index (χ4v) is 5.59. The number of piperazine rings is 1. The molecule has 0 saturated carbocycles. The van der Waals surface area contributed by atoms with E-state index in [9.17, 15) is 23.3 Å². The van der Waals surface area contributed by atoms with Gasteiger partial charge in [0.05, 0.1) is 23.3 Å². The molecule has 11 heteroatoms. The van der Waals surface area contributed by atoms with Gasteiger partial charge in [-0.15, -0.1) is 0 Å². The van der Waals surface area contributed by atoms with Gasteiger partial charge in [-0.3, -0.25) is 14.9 Å². The Kier molecular flexibility index (Phi) is 8.11. The summed E-state index contributed by atoms with van der Waals surface area (Å²) in [7, 11) is -2.25. The number of ether oxygens (including phenoxy) is 1. The molecular weight excluding hydrogens is 460 g/mol. The molecule has 3 rings (SSSR count). The van der Waals surface area contributed by atoms with Crippen molar-refractivity contribution in [1.82, 2.24) is 9.21 Å². The largest absolute Gasteiger partial charge is 0.496 e. The minimum atomic E-state index is -3.81. The Morgan fingerprint density at radius 1 is 1.09 bits per heavy atom. The van der Waals surface area contributed by atoms with Crippen LogP contribution in [0.25, 0.3) is 0 Å². The molecule has 0 N–H and O–H groups in total. The normalized spacial score (nSPS) is 14.4. The fraction of sp³-hybridized carbons (Fsp3) is 0.435. The molecule has 1 aliphatic heterocycles. The Bertz CT molecular complexity index is 1140. The second-order valence-electron chi connectivity index (χ2n) is 7.85. The molecule has 184 valence electrons. The molecule has 1 aliphatic rings. The smallest absolute Gasteiger partial charge is 0.293 e. The van der Waals surface area contributed by atoms with E-state index in [-0.39, 0.29) is 36.0 Å². The Balaban J connectivity index is 1.74. The minimum absolute atomic E-state index is 0.0423. The first-order valence-electron chi connectivity index (χ1n) is 11.2. The molecule has 2 aromatic carbocycles. The summed E-state index contributed by atoms with van der Waals surface area (Å²) in [4.78, 5) is 27.5. The number of carbonyl (C=O) groups excluding carboxylic acids is 1. The second-order valence-corrected chi connectivity index (χ2v) is 9.79. The van der Waals surface area contributed by atoms with Crippen LogP contribution in [0.3, 0.4) is 0 Å². The van der Waals surface area contributed by atoms with Crippen LogP contribution in [0.2, 0.25) is 0 Å². The number of hydrogen-bond donors (Lipinski definition) is 0. The lowest BCUT2D eigenvalue weighted by Gasteiger charge is -2.36. The molecule has 10 nitrogen and oxygen atoms in total. The highest BCUT2D eigenvalue weighted by molar-refractivity contribution is 7.89. The van der Waals surface area contributed by atoms with Crippen LogP contribution in [0.5, 0.6) is 5.75 Å². The maximum absolute atomic E-state index is 12.8. The summed E-state index contributed by atoms with van der Waals surface area (Å²) in [6.07, 6.45) is 0.210. The number of nitro groups is 1. The Morgan fingerprint density at radius 2 is 1.74 bits per heavy atom. The number of sulfonamides is 1. The van der Waals surface area contributed by atoms with Crippen molar-refractivity contribution >= 4 is 27.3 Å². The van der Waals surface area contributed by atoms with E-state index >= 15 is 0 Å². The van der Waals surface area contributed by atoms with Crippen molar-refractivity contribution in [1.29, 1.82) is 0 Å². The predicted molar refractivity (Wildman–Crippen MR) is 129 cm³/mol. The number of methoxy groups -OCH3 is 1. The molecule has 0 atom stereocenters. The standard InChI is InChI=1S/C23H30N4O6S/c1-4-26(5-2)34(31,32)19-10-11-20(21(17-19)27(29)30)24-12-14-25(15-13-24)23(28)16-18-8-6-7-9-22(18)33-3/h6-11,17H,4-5,12-16H2,1-3H3. The van der Waals surface area contributed by atoms with E-state index in [1.54, 1.807) is 25.9 Å². The van der Waals surface area contributed by atoms with E-state index in [0.717, 1.165) is 11.6 Å². The third-order valence-electron chi connectivity index (χ3n) is 5.99. The summed E-state index contributed by atoms with van der Waals surface area (Å²) in [5, 5.41) is 11.8. The van der Waals surface area contributed by atoms with E-state index in [1.807, 2.05) is 29.2 Å². The summed E-state index contributed by atoms with van der Waals surface area (Å²) >= 11 is 0. The van der Waals surface area contributed by atoms with Gasteiger partial charge in [0.15, 0.2) is 0 Å². The van der Waals surface area contributed by atoms with E-state index in [0.29, 0.717) is 37.6 Å². The average Bonchev–Trinajstić information content (AvgIpc) is 2.84. The first kappa shape index (κ1) is 25.4. The first-order chi connectivity index (χ1) is 16.2. The maximum Gasteiger partial charge on any atom is 0.293 e. The highest BCUT2D eigenvalue weighted by Crippen LogP contribution is 2.32. The number of hydrogen-bond acceptors (Lipinski definition) is 7. The lowest BCUT2D eigenvalue weighted by Crippen LogP contribution is -2.49. The van der Waals surface area contributed by atoms with E-state index in [1.165, 1.54) is 16.4 Å². The number of rotatable bonds is 9. The number of nitrogens with zero attached hydrogens (tertiary/aromatic N) is 4. The van der Waals surface area contributed by atoms with Crippen molar-refractivity contribution in [2.75, 3.05) is 51.3 Å². The highest BCUT2D eigenvalue weighted by atomic mass is 32.2. The molecule has 1 fully saturated rings. The van der Waals surface area contributed by atoms with Crippen molar-refractivity contribution in [2.24, 2.45) is 0 Å². The van der Waals surface area contributed by atoms with Gasteiger partial charge in [-0.25, -0.2) is 8.42 Å². The zero-order valence-corrected chi connectivity index (χ0v) is 20.5. The van der Waals surface area contributed by atoms with Crippen LogP contribution >= 0.6 is 0 Å². The quantitative estimate of drug-likeness (QED) is 0.392. The van der Waals surface area contributed by atoms with Crippen LogP contribution in [-0.4, -0.2) is 74.8 Å². The minimum Gasteiger partial charge on any atom is -0.496 e. The van der Waals surface area contributed by atoms with Gasteiger partial charge in [0.1, 0.15) is 11.4 Å². The second kappa shape index (κ2) is 10.8. The van der Waals surface area contributed by atoms with Gasteiger partial charge in [-0.2, -0.15) is 4.31 Å². The summed E-state index contributed by atoms with van der Waals surface area (Å²) < 4.78 is 32.2. The average molecular weight is 491 g/mol. The number of amides is 1. The van der Waals surface area contributed by atoms with Crippen LogP contribution in [0.15, 0.2) is 47.4 Å². The number of benzene rings is 2. The first-order valence-corrected chi connectivity index (χ1v) is 12.6. The zero-order valence-electron chi connectivity index (χ0n) is 19.6. The molecule has 0 aliphatic carbocycles. The van der Waals surface area contributed by atoms with Gasteiger partial charge in [0.2, 0.25) is 15.9 Å². The van der Waals surface area contributed by atoms with E-state index in [2.05, 4.69) is 0 Å². The third-order valence-corrected chi connectivity index (χ3v) is 8.04. The molecule has 0 spiro atoms. The monoisotopic (exact) mass is 490 g/mol. The van der Waals surface area contributed by atoms with Gasteiger partial charge in [0, 0.05) is 50.9 Å². The maximum atomic E-state index is 12.8. The van der Waals surface area contributed by atoms with Crippen LogP contribution in [0.1, 0.15) is 19.4 Å². The molecule has 0 aromatic heterocycles. The lowest BCUT2D eigenvalue weighted by molar-refractivity contribution is -0.384. The van der Waals surface area contributed by atoms with Gasteiger partial charge in [-0.05, 0) is 18.2 Å². The van der Waals surface area contributed by atoms with Crippen molar-refractivity contribution in [3.8, 4) is 5.75 Å². The van der Waals surface area contributed by atoms with Gasteiger partial charge < -0.3 is 14.5 Å². The molecule has 0 bridgehead atoms. The Hall–Kier alpha value is -3.18. The van der Waals surface area contributed by atoms with Crippen molar-refractivity contribution in [2.45, 2.75) is 25.2 Å². The lowest BCUT2D eigenvalue weighted by atomic mass is 10.1. The van der Waals surface area contributed by atoms with Crippen molar-refractivity contribution < 1.29 is 22.9 Å². The molecule has 1 amide bonds. The zero-order chi connectivity index (χ0) is 24.9. The topological polar surface area (TPSA) is 113 Å². The summed E-state index contributed by atoms with van der Waals surface area (Å²) in [5.74, 6) is 0.615. The third kappa shape index (κ3) is 5.31. The van der Waals surface area contributed by atoms with Crippen molar-refractivity contribution in [3.63, 3.8) is 0 Å². The van der Waals surface area contributed by atoms with Crippen molar-refractivity contribution in [3.05, 3.63) is 58.1 Å². The molecule has 1 saturated heterocycles. The fourth-order valence-electron chi connectivity index (χ4n) is 4.11. The predicted octanol–water partition coefficient (Wildman–Crippen LogP) is 2.53. The van der Waals surface area contributed by atoms with Gasteiger partial charge in [0.25, 0.3) is 5.69 Å². The van der Waals surface area contributed by atoms with Gasteiger partial charge in [-0.1, -0.05) is 32.0 Å². The van der Waals surface area contributed by atoms with Crippen LogP contribution in [0.4, 0.5) is 11.4 Å². The highest BCUT2D eigenvalue weighted by Gasteiger charge is 2.29. The molecule has 2 aromatic rings. The molecule has 1 heterocycles. The summed E-state index contributed by atoms with van der Waals surface area (Å²) in [5.41, 5.74) is 0.889. The Morgan fingerprint density at radius 3 is 2.32 bits per heavy atom. The van der Waals surface area contributed by atoms with E-state index in [4.69, 9.17) is 4.74 Å².